The molecule has 1 rings (SSSR count). The monoisotopic (exact) mass is 198 g/mol. The fourth-order valence-corrected chi connectivity index (χ4v) is 0.955. The minimum Gasteiger partial charge on any atom is -0.504 e. The lowest BCUT2D eigenvalue weighted by molar-refractivity contribution is 0.0692. The van der Waals surface area contributed by atoms with E-state index in [2.05, 4.69) is 0 Å². The third kappa shape index (κ3) is 1.33. The van der Waals surface area contributed by atoms with Gasteiger partial charge in [0.15, 0.2) is 17.8 Å². The highest BCUT2D eigenvalue weighted by Crippen LogP contribution is 2.38. The van der Waals surface area contributed by atoms with Gasteiger partial charge in [0.05, 0.1) is 11.1 Å². The number of phenols is 3. The highest BCUT2D eigenvalue weighted by atomic mass is 16.4. The molecule has 0 spiro atoms. The summed E-state index contributed by atoms with van der Waals surface area (Å²) in [6.07, 6.45) is 0.0813. The number of benzene rings is 1. The maximum atomic E-state index is 10.5. The Bertz CT molecular complexity index is 409. The van der Waals surface area contributed by atoms with Crippen LogP contribution in [0.5, 0.6) is 17.2 Å². The number of aromatic hydroxyl groups is 3. The first-order valence-corrected chi connectivity index (χ1v) is 3.45. The van der Waals surface area contributed by atoms with E-state index >= 15 is 0 Å². The van der Waals surface area contributed by atoms with Gasteiger partial charge < -0.3 is 20.4 Å². The summed E-state index contributed by atoms with van der Waals surface area (Å²) < 4.78 is 0. The lowest BCUT2D eigenvalue weighted by Gasteiger charge is -2.05. The smallest absolute Gasteiger partial charge is 0.336 e. The van der Waals surface area contributed by atoms with Gasteiger partial charge in [-0.25, -0.2) is 4.79 Å². The number of carboxylic acid groups (broad SMARTS) is 1. The number of rotatable bonds is 2. The number of carbonyl (C=O) groups is 2. The SMILES string of the molecule is O=Cc1c(C(=O)O)cc(O)c(O)c1O. The van der Waals surface area contributed by atoms with E-state index < -0.39 is 34.3 Å². The van der Waals surface area contributed by atoms with Gasteiger partial charge in [0.25, 0.3) is 0 Å². The fraction of sp³-hybridized carbons (Fsp3) is 0. The Labute approximate surface area is 77.7 Å². The Morgan fingerprint density at radius 3 is 2.21 bits per heavy atom. The molecule has 14 heavy (non-hydrogen) atoms. The van der Waals surface area contributed by atoms with E-state index in [1.807, 2.05) is 0 Å². The topological polar surface area (TPSA) is 115 Å². The molecule has 0 bridgehead atoms. The fourth-order valence-electron chi connectivity index (χ4n) is 0.955. The van der Waals surface area contributed by atoms with Crippen LogP contribution in [0.2, 0.25) is 0 Å². The first-order chi connectivity index (χ1) is 6.49. The summed E-state index contributed by atoms with van der Waals surface area (Å²) in [4.78, 5) is 20.9. The second kappa shape index (κ2) is 3.25. The van der Waals surface area contributed by atoms with Gasteiger partial charge in [0, 0.05) is 0 Å². The molecule has 1 aromatic carbocycles. The average Bonchev–Trinajstić information content (AvgIpc) is 2.13. The van der Waals surface area contributed by atoms with Crippen molar-refractivity contribution in [1.29, 1.82) is 0 Å². The molecule has 0 aliphatic carbocycles. The minimum absolute atomic E-state index is 0.0813. The third-order valence-corrected chi connectivity index (χ3v) is 1.64. The Morgan fingerprint density at radius 2 is 1.79 bits per heavy atom. The summed E-state index contributed by atoms with van der Waals surface area (Å²) in [5.41, 5.74) is -1.15. The van der Waals surface area contributed by atoms with Crippen LogP contribution in [0.15, 0.2) is 6.07 Å². The van der Waals surface area contributed by atoms with Crippen molar-refractivity contribution in [3.8, 4) is 17.2 Å². The molecule has 1 aromatic rings. The van der Waals surface area contributed by atoms with Gasteiger partial charge in [-0.3, -0.25) is 4.79 Å². The number of carbonyl (C=O) groups excluding carboxylic acids is 1. The van der Waals surface area contributed by atoms with Crippen LogP contribution < -0.4 is 0 Å². The van der Waals surface area contributed by atoms with E-state index in [0.717, 1.165) is 0 Å². The molecule has 0 aromatic heterocycles. The molecule has 0 amide bonds. The van der Waals surface area contributed by atoms with Crippen LogP contribution in [0, 0.1) is 0 Å². The van der Waals surface area contributed by atoms with Gasteiger partial charge in [-0.2, -0.15) is 0 Å². The zero-order valence-electron chi connectivity index (χ0n) is 6.76. The molecule has 4 N–H and O–H groups in total. The second-order valence-corrected chi connectivity index (χ2v) is 2.48. The molecule has 0 radical (unpaired) electrons. The largest absolute Gasteiger partial charge is 0.504 e. The molecule has 74 valence electrons. The van der Waals surface area contributed by atoms with Crippen molar-refractivity contribution in [3.63, 3.8) is 0 Å². The van der Waals surface area contributed by atoms with Gasteiger partial charge in [-0.05, 0) is 6.07 Å². The standard InChI is InChI=1S/C8H6O6/c9-2-4-3(8(13)14)1-5(10)7(12)6(4)11/h1-2,10-12H,(H,13,14). The Hall–Kier alpha value is -2.24. The van der Waals surface area contributed by atoms with Crippen molar-refractivity contribution in [2.75, 3.05) is 0 Å². The first-order valence-electron chi connectivity index (χ1n) is 3.45. The van der Waals surface area contributed by atoms with Gasteiger partial charge in [-0.1, -0.05) is 0 Å². The molecule has 0 unspecified atom stereocenters. The van der Waals surface area contributed by atoms with Gasteiger partial charge in [0.1, 0.15) is 0 Å². The molecule has 0 atom stereocenters. The molecule has 0 saturated carbocycles. The summed E-state index contributed by atoms with van der Waals surface area (Å²) in [6.45, 7) is 0. The summed E-state index contributed by atoms with van der Waals surface area (Å²) in [7, 11) is 0. The van der Waals surface area contributed by atoms with Crippen LogP contribution in [-0.2, 0) is 0 Å². The van der Waals surface area contributed by atoms with Crippen LogP contribution in [-0.4, -0.2) is 32.7 Å². The van der Waals surface area contributed by atoms with Crippen molar-refractivity contribution < 1.29 is 30.0 Å². The van der Waals surface area contributed by atoms with Crippen LogP contribution in [0.25, 0.3) is 0 Å². The molecule has 0 heterocycles. The molecular weight excluding hydrogens is 192 g/mol. The lowest BCUT2D eigenvalue weighted by atomic mass is 10.1. The highest BCUT2D eigenvalue weighted by molar-refractivity contribution is 6.00. The lowest BCUT2D eigenvalue weighted by Crippen LogP contribution is -2.02. The van der Waals surface area contributed by atoms with E-state index in [4.69, 9.17) is 20.4 Å². The second-order valence-electron chi connectivity index (χ2n) is 2.48. The number of phenolic OH excluding ortho intramolecular Hbond substituents is 3. The van der Waals surface area contributed by atoms with Crippen molar-refractivity contribution >= 4 is 12.3 Å². The highest BCUT2D eigenvalue weighted by Gasteiger charge is 2.20. The van der Waals surface area contributed by atoms with E-state index in [9.17, 15) is 9.59 Å². The maximum Gasteiger partial charge on any atom is 0.336 e. The predicted octanol–water partition coefficient (Wildman–Crippen LogP) is 0.314. The van der Waals surface area contributed by atoms with Gasteiger partial charge in [-0.15, -0.1) is 0 Å². The zero-order chi connectivity index (χ0) is 10.9. The van der Waals surface area contributed by atoms with Crippen molar-refractivity contribution in [1.82, 2.24) is 0 Å². The molecule has 6 heteroatoms. The summed E-state index contributed by atoms with van der Waals surface area (Å²) >= 11 is 0. The maximum absolute atomic E-state index is 10.5. The van der Waals surface area contributed by atoms with Crippen molar-refractivity contribution in [2.45, 2.75) is 0 Å². The van der Waals surface area contributed by atoms with Crippen LogP contribution in [0.1, 0.15) is 20.7 Å². The van der Waals surface area contributed by atoms with E-state index in [1.165, 1.54) is 0 Å². The average molecular weight is 198 g/mol. The molecule has 6 nitrogen and oxygen atoms in total. The number of hydrogen-bond donors (Lipinski definition) is 4. The Morgan fingerprint density at radius 1 is 1.21 bits per heavy atom. The van der Waals surface area contributed by atoms with Crippen LogP contribution in [0.3, 0.4) is 0 Å². The van der Waals surface area contributed by atoms with E-state index in [0.29, 0.717) is 6.07 Å². The Kier molecular flexibility index (Phi) is 2.29. The number of carboxylic acids is 1. The van der Waals surface area contributed by atoms with Crippen molar-refractivity contribution in [3.05, 3.63) is 17.2 Å². The quantitative estimate of drug-likeness (QED) is 0.401. The molecule has 0 aliphatic heterocycles. The van der Waals surface area contributed by atoms with Crippen LogP contribution in [0.4, 0.5) is 0 Å². The minimum atomic E-state index is -1.49. The number of aldehydes is 1. The third-order valence-electron chi connectivity index (χ3n) is 1.64. The molecule has 0 saturated heterocycles. The predicted molar refractivity (Wildman–Crippen MR) is 43.8 cm³/mol. The van der Waals surface area contributed by atoms with Crippen molar-refractivity contribution in [2.24, 2.45) is 0 Å². The summed E-state index contributed by atoms with van der Waals surface area (Å²) in [5, 5.41) is 35.6. The van der Waals surface area contributed by atoms with Gasteiger partial charge >= 0.3 is 5.97 Å². The van der Waals surface area contributed by atoms with Gasteiger partial charge in [0.2, 0.25) is 5.75 Å². The summed E-state index contributed by atoms with van der Waals surface area (Å²) in [5.74, 6) is -4.15. The number of hydrogen-bond acceptors (Lipinski definition) is 5. The molecule has 0 fully saturated rings. The van der Waals surface area contributed by atoms with Crippen LogP contribution >= 0.6 is 0 Å². The molecular formula is C8H6O6. The van der Waals surface area contributed by atoms with E-state index in [-0.39, 0.29) is 6.29 Å². The Balaban J connectivity index is 3.59. The normalized spacial score (nSPS) is 9.71. The van der Waals surface area contributed by atoms with E-state index in [1.54, 1.807) is 0 Å². The zero-order valence-corrected chi connectivity index (χ0v) is 6.76. The number of aromatic carboxylic acids is 1. The molecule has 0 aliphatic rings. The summed E-state index contributed by atoms with van der Waals surface area (Å²) in [6, 6.07) is 0.682. The first kappa shape index (κ1) is 9.85.